The first-order chi connectivity index (χ1) is 16.4. The molecular formula is C23H21ClN4O6. The van der Waals surface area contributed by atoms with Gasteiger partial charge in [-0.25, -0.2) is 0 Å². The summed E-state index contributed by atoms with van der Waals surface area (Å²) in [5, 5.41) is 27.4. The minimum absolute atomic E-state index is 0.0519. The summed E-state index contributed by atoms with van der Waals surface area (Å²) < 4.78 is 27.3. The van der Waals surface area contributed by atoms with E-state index in [1.54, 1.807) is 18.2 Å². The smallest absolute Gasteiger partial charge is 0.244 e. The molecule has 1 aliphatic rings. The highest BCUT2D eigenvalue weighted by Crippen LogP contribution is 2.50. The number of hydrogen-bond acceptors (Lipinski definition) is 9. The third-order valence-corrected chi connectivity index (χ3v) is 5.78. The average Bonchev–Trinajstić information content (AvgIpc) is 3.26. The molecule has 0 amide bonds. The van der Waals surface area contributed by atoms with Crippen LogP contribution in [0.25, 0.3) is 11.3 Å². The van der Waals surface area contributed by atoms with Crippen molar-refractivity contribution in [3.8, 4) is 52.0 Å². The lowest BCUT2D eigenvalue weighted by Crippen LogP contribution is -2.21. The molecule has 0 saturated heterocycles. The van der Waals surface area contributed by atoms with Crippen LogP contribution in [0.5, 0.6) is 34.6 Å². The summed E-state index contributed by atoms with van der Waals surface area (Å²) >= 11 is 6.25. The summed E-state index contributed by atoms with van der Waals surface area (Å²) in [5.74, 6) is 0.577. The second kappa shape index (κ2) is 8.96. The zero-order valence-electron chi connectivity index (χ0n) is 18.7. The van der Waals surface area contributed by atoms with Gasteiger partial charge >= 0.3 is 0 Å². The predicted molar refractivity (Wildman–Crippen MR) is 123 cm³/mol. The topological polar surface area (TPSA) is 145 Å². The van der Waals surface area contributed by atoms with Gasteiger partial charge in [-0.15, -0.1) is 5.10 Å². The van der Waals surface area contributed by atoms with Crippen molar-refractivity contribution in [1.29, 1.82) is 5.26 Å². The molecule has 0 bridgehead atoms. The first-order valence-electron chi connectivity index (χ1n) is 9.91. The van der Waals surface area contributed by atoms with Gasteiger partial charge in [-0.2, -0.15) is 5.26 Å². The maximum atomic E-state index is 10.2. The number of methoxy groups -OCH3 is 4. The van der Waals surface area contributed by atoms with Crippen molar-refractivity contribution in [2.24, 2.45) is 5.73 Å². The standard InChI is InChI=1S/C23H21ClN4O6/c1-30-14-6-10(5-13(24)20(14)29)17-12(9-25)22(26)34-23-18(17)19(27-28-23)11-7-15(31-2)21(33-4)16(8-11)32-3/h5-8,17,29H,26H2,1-4H3,(H,27,28)/t17-/m0/s1. The monoisotopic (exact) mass is 484 g/mol. The van der Waals surface area contributed by atoms with Crippen LogP contribution >= 0.6 is 11.6 Å². The van der Waals surface area contributed by atoms with Crippen LogP contribution in [0.4, 0.5) is 0 Å². The number of fused-ring (bicyclic) bond motifs is 1. The summed E-state index contributed by atoms with van der Waals surface area (Å²) in [4.78, 5) is 0. The minimum atomic E-state index is -0.728. The summed E-state index contributed by atoms with van der Waals surface area (Å²) in [6.45, 7) is 0. The summed E-state index contributed by atoms with van der Waals surface area (Å²) in [6, 6.07) is 8.72. The predicted octanol–water partition coefficient (Wildman–Crippen LogP) is 3.69. The number of phenols is 1. The van der Waals surface area contributed by atoms with E-state index in [9.17, 15) is 10.4 Å². The summed E-state index contributed by atoms with van der Waals surface area (Å²) in [5.41, 5.74) is 8.44. The highest BCUT2D eigenvalue weighted by atomic mass is 35.5. The largest absolute Gasteiger partial charge is 0.503 e. The van der Waals surface area contributed by atoms with Crippen LogP contribution in [0.3, 0.4) is 0 Å². The van der Waals surface area contributed by atoms with Crippen LogP contribution in [0, 0.1) is 11.3 Å². The van der Waals surface area contributed by atoms with Crippen molar-refractivity contribution < 1.29 is 28.8 Å². The van der Waals surface area contributed by atoms with E-state index in [0.717, 1.165) is 0 Å². The zero-order chi connectivity index (χ0) is 24.6. The number of phenolic OH excluding ortho intramolecular Hbond substituents is 1. The van der Waals surface area contributed by atoms with Gasteiger partial charge in [0.25, 0.3) is 0 Å². The Morgan fingerprint density at radius 3 is 2.26 bits per heavy atom. The lowest BCUT2D eigenvalue weighted by Gasteiger charge is -2.25. The Labute approximate surface area is 200 Å². The van der Waals surface area contributed by atoms with E-state index in [1.165, 1.54) is 34.5 Å². The van der Waals surface area contributed by atoms with E-state index in [-0.39, 0.29) is 33.9 Å². The van der Waals surface area contributed by atoms with Gasteiger partial charge < -0.3 is 34.5 Å². The number of hydrogen-bond donors (Lipinski definition) is 3. The Morgan fingerprint density at radius 2 is 1.71 bits per heavy atom. The van der Waals surface area contributed by atoms with Gasteiger partial charge in [-0.3, -0.25) is 5.10 Å². The highest BCUT2D eigenvalue weighted by Gasteiger charge is 2.37. The number of H-pyrrole nitrogens is 1. The Kier molecular flexibility index (Phi) is 6.04. The van der Waals surface area contributed by atoms with Crippen LogP contribution in [-0.4, -0.2) is 43.7 Å². The van der Waals surface area contributed by atoms with Gasteiger partial charge in [-0.1, -0.05) is 11.6 Å². The molecule has 3 aromatic rings. The van der Waals surface area contributed by atoms with Crippen LogP contribution in [0.15, 0.2) is 35.7 Å². The maximum Gasteiger partial charge on any atom is 0.244 e. The number of allylic oxidation sites excluding steroid dienone is 1. The van der Waals surface area contributed by atoms with Gasteiger partial charge in [0.05, 0.1) is 50.6 Å². The van der Waals surface area contributed by atoms with Crippen molar-refractivity contribution in [3.05, 3.63) is 51.9 Å². The number of nitrogens with one attached hydrogen (secondary N) is 1. The van der Waals surface area contributed by atoms with E-state index < -0.39 is 5.92 Å². The SMILES string of the molecule is COc1cc([C@H]2C(C#N)=C(N)Oc3n[nH]c(-c4cc(OC)c(OC)c(OC)c4)c32)cc(Cl)c1O. The fraction of sp³-hybridized carbons (Fsp3) is 0.217. The fourth-order valence-corrected chi connectivity index (χ4v) is 4.16. The molecule has 0 fully saturated rings. The molecule has 11 heteroatoms. The Bertz CT molecular complexity index is 1320. The second-order valence-electron chi connectivity index (χ2n) is 7.21. The lowest BCUT2D eigenvalue weighted by atomic mass is 9.83. The quantitative estimate of drug-likeness (QED) is 0.476. The molecule has 2 heterocycles. The number of benzene rings is 2. The molecule has 176 valence electrons. The van der Waals surface area contributed by atoms with Crippen molar-refractivity contribution in [2.45, 2.75) is 5.92 Å². The molecule has 0 unspecified atom stereocenters. The Balaban J connectivity index is 1.99. The van der Waals surface area contributed by atoms with Crippen LogP contribution < -0.4 is 29.4 Å². The highest BCUT2D eigenvalue weighted by molar-refractivity contribution is 6.32. The van der Waals surface area contributed by atoms with E-state index >= 15 is 0 Å². The number of rotatable bonds is 6. The van der Waals surface area contributed by atoms with Gasteiger partial charge in [0.15, 0.2) is 23.0 Å². The normalized spacial score (nSPS) is 14.6. The van der Waals surface area contributed by atoms with Crippen LogP contribution in [0.2, 0.25) is 5.02 Å². The molecular weight excluding hydrogens is 464 g/mol. The Morgan fingerprint density at radius 1 is 1.06 bits per heavy atom. The average molecular weight is 485 g/mol. The van der Waals surface area contributed by atoms with E-state index in [4.69, 9.17) is 41.0 Å². The third kappa shape index (κ3) is 3.56. The molecule has 2 aromatic carbocycles. The van der Waals surface area contributed by atoms with E-state index in [1.807, 2.05) is 0 Å². The first-order valence-corrected chi connectivity index (χ1v) is 10.3. The lowest BCUT2D eigenvalue weighted by molar-refractivity contribution is 0.324. The number of aromatic nitrogens is 2. The number of nitriles is 1. The zero-order valence-corrected chi connectivity index (χ0v) is 19.5. The molecule has 0 saturated carbocycles. The van der Waals surface area contributed by atoms with Gasteiger partial charge in [-0.05, 0) is 29.8 Å². The fourth-order valence-electron chi connectivity index (χ4n) is 3.94. The number of nitrogens with two attached hydrogens (primary N) is 1. The van der Waals surface area contributed by atoms with Crippen molar-refractivity contribution in [1.82, 2.24) is 10.2 Å². The minimum Gasteiger partial charge on any atom is -0.503 e. The molecule has 4 N–H and O–H groups in total. The number of halogens is 1. The summed E-state index contributed by atoms with van der Waals surface area (Å²) in [7, 11) is 5.94. The van der Waals surface area contributed by atoms with Gasteiger partial charge in [0, 0.05) is 5.56 Å². The summed E-state index contributed by atoms with van der Waals surface area (Å²) in [6.07, 6.45) is 0. The van der Waals surface area contributed by atoms with Crippen LogP contribution in [0.1, 0.15) is 17.0 Å². The van der Waals surface area contributed by atoms with Gasteiger partial charge in [0.1, 0.15) is 11.6 Å². The second-order valence-corrected chi connectivity index (χ2v) is 7.62. The molecule has 10 nitrogen and oxygen atoms in total. The van der Waals surface area contributed by atoms with E-state index in [0.29, 0.717) is 39.6 Å². The van der Waals surface area contributed by atoms with Crippen molar-refractivity contribution in [3.63, 3.8) is 0 Å². The first kappa shape index (κ1) is 22.9. The molecule has 4 rings (SSSR count). The Hall–Kier alpha value is -4.23. The van der Waals surface area contributed by atoms with Crippen molar-refractivity contribution >= 4 is 11.6 Å². The number of aromatic hydroxyl groups is 1. The van der Waals surface area contributed by atoms with Crippen LogP contribution in [-0.2, 0) is 0 Å². The molecule has 0 aliphatic carbocycles. The molecule has 1 atom stereocenters. The van der Waals surface area contributed by atoms with E-state index in [2.05, 4.69) is 16.3 Å². The maximum absolute atomic E-state index is 10.2. The molecule has 34 heavy (non-hydrogen) atoms. The molecule has 0 spiro atoms. The third-order valence-electron chi connectivity index (χ3n) is 5.50. The number of nitrogens with zero attached hydrogens (tertiary/aromatic N) is 2. The molecule has 1 aliphatic heterocycles. The van der Waals surface area contributed by atoms with Gasteiger partial charge in [0.2, 0.25) is 17.5 Å². The number of ether oxygens (including phenoxy) is 5. The number of aromatic amines is 1. The van der Waals surface area contributed by atoms with Crippen molar-refractivity contribution in [2.75, 3.05) is 28.4 Å². The molecule has 0 radical (unpaired) electrons. The molecule has 1 aromatic heterocycles.